The van der Waals surface area contributed by atoms with E-state index in [1.54, 1.807) is 0 Å². The number of rotatable bonds is 6. The Labute approximate surface area is 110 Å². The Bertz CT molecular complexity index is 347. The first-order valence-corrected chi connectivity index (χ1v) is 6.13. The molecule has 0 aromatic heterocycles. The molecule has 0 aliphatic carbocycles. The number of morpholine rings is 1. The number of carboxylic acids is 1. The molecule has 1 atom stereocenters. The quantitative estimate of drug-likeness (QED) is 0.543. The SMILES string of the molecule is NC(=O)CCCNC(=O)N1CCOCC1CC(=O)O. The van der Waals surface area contributed by atoms with Crippen molar-refractivity contribution in [3.05, 3.63) is 0 Å². The van der Waals surface area contributed by atoms with E-state index >= 15 is 0 Å². The van der Waals surface area contributed by atoms with E-state index in [1.165, 1.54) is 4.90 Å². The normalized spacial score (nSPS) is 18.9. The molecule has 0 radical (unpaired) electrons. The standard InChI is InChI=1S/C11H19N3O5/c12-9(15)2-1-3-13-11(18)14-4-5-19-7-8(14)6-10(16)17/h8H,1-7H2,(H2,12,15)(H,13,18)(H,16,17). The van der Waals surface area contributed by atoms with Crippen LogP contribution in [0.15, 0.2) is 0 Å². The van der Waals surface area contributed by atoms with Gasteiger partial charge in [-0.25, -0.2) is 4.79 Å². The highest BCUT2D eigenvalue weighted by Gasteiger charge is 2.28. The molecule has 1 fully saturated rings. The van der Waals surface area contributed by atoms with Gasteiger partial charge in [-0.1, -0.05) is 0 Å². The summed E-state index contributed by atoms with van der Waals surface area (Å²) in [6.45, 7) is 1.31. The number of hydrogen-bond acceptors (Lipinski definition) is 4. The number of hydrogen-bond donors (Lipinski definition) is 3. The highest BCUT2D eigenvalue weighted by atomic mass is 16.5. The number of carbonyl (C=O) groups is 3. The van der Waals surface area contributed by atoms with Crippen LogP contribution in [-0.2, 0) is 14.3 Å². The van der Waals surface area contributed by atoms with Gasteiger partial charge >= 0.3 is 12.0 Å². The molecule has 108 valence electrons. The monoisotopic (exact) mass is 273 g/mol. The lowest BCUT2D eigenvalue weighted by Gasteiger charge is -2.34. The lowest BCUT2D eigenvalue weighted by Crippen LogP contribution is -2.53. The van der Waals surface area contributed by atoms with Crippen LogP contribution >= 0.6 is 0 Å². The average Bonchev–Trinajstić information content (AvgIpc) is 2.34. The number of carbonyl (C=O) groups excluding carboxylic acids is 2. The van der Waals surface area contributed by atoms with Gasteiger partial charge in [0.05, 0.1) is 25.7 Å². The molecule has 3 amide bonds. The van der Waals surface area contributed by atoms with Crippen LogP contribution in [0.4, 0.5) is 4.79 Å². The number of nitrogens with one attached hydrogen (secondary N) is 1. The van der Waals surface area contributed by atoms with E-state index in [1.807, 2.05) is 0 Å². The van der Waals surface area contributed by atoms with Gasteiger partial charge in [0.15, 0.2) is 0 Å². The summed E-state index contributed by atoms with van der Waals surface area (Å²) in [6.07, 6.45) is 0.533. The van der Waals surface area contributed by atoms with Crippen molar-refractivity contribution in [1.29, 1.82) is 0 Å². The second-order valence-electron chi connectivity index (χ2n) is 4.32. The van der Waals surface area contributed by atoms with Gasteiger partial charge in [0.1, 0.15) is 0 Å². The van der Waals surface area contributed by atoms with Crippen molar-refractivity contribution in [2.75, 3.05) is 26.3 Å². The van der Waals surface area contributed by atoms with Crippen molar-refractivity contribution in [2.24, 2.45) is 5.73 Å². The zero-order valence-corrected chi connectivity index (χ0v) is 10.6. The molecule has 1 aliphatic rings. The molecular weight excluding hydrogens is 254 g/mol. The molecule has 0 saturated carbocycles. The molecule has 1 rings (SSSR count). The van der Waals surface area contributed by atoms with E-state index in [0.29, 0.717) is 26.1 Å². The fraction of sp³-hybridized carbons (Fsp3) is 0.727. The summed E-state index contributed by atoms with van der Waals surface area (Å²) in [6, 6.07) is -0.790. The zero-order chi connectivity index (χ0) is 14.3. The van der Waals surface area contributed by atoms with Crippen LogP contribution in [0.3, 0.4) is 0 Å². The summed E-state index contributed by atoms with van der Waals surface area (Å²) in [7, 11) is 0. The molecule has 0 aromatic rings. The van der Waals surface area contributed by atoms with Crippen LogP contribution in [0, 0.1) is 0 Å². The molecular formula is C11H19N3O5. The molecule has 19 heavy (non-hydrogen) atoms. The Morgan fingerprint density at radius 2 is 2.16 bits per heavy atom. The van der Waals surface area contributed by atoms with Crippen LogP contribution < -0.4 is 11.1 Å². The lowest BCUT2D eigenvalue weighted by atomic mass is 10.1. The molecule has 8 nitrogen and oxygen atoms in total. The molecule has 4 N–H and O–H groups in total. The molecule has 1 heterocycles. The lowest BCUT2D eigenvalue weighted by molar-refractivity contribution is -0.139. The Balaban J connectivity index is 2.38. The van der Waals surface area contributed by atoms with Crippen molar-refractivity contribution in [3.63, 3.8) is 0 Å². The van der Waals surface area contributed by atoms with Gasteiger partial charge in [0.2, 0.25) is 5.91 Å². The molecule has 1 saturated heterocycles. The zero-order valence-electron chi connectivity index (χ0n) is 10.6. The topological polar surface area (TPSA) is 122 Å². The highest BCUT2D eigenvalue weighted by molar-refractivity contribution is 5.76. The number of urea groups is 1. The maximum absolute atomic E-state index is 11.9. The number of aliphatic carboxylic acids is 1. The number of primary amides is 1. The van der Waals surface area contributed by atoms with E-state index < -0.39 is 17.9 Å². The summed E-state index contributed by atoms with van der Waals surface area (Å²) < 4.78 is 5.17. The first-order chi connectivity index (χ1) is 9.00. The third-order valence-corrected chi connectivity index (χ3v) is 2.77. The van der Waals surface area contributed by atoms with Crippen LogP contribution in [-0.4, -0.2) is 60.3 Å². The maximum Gasteiger partial charge on any atom is 0.317 e. The van der Waals surface area contributed by atoms with Crippen molar-refractivity contribution < 1.29 is 24.2 Å². The van der Waals surface area contributed by atoms with E-state index in [2.05, 4.69) is 5.32 Å². The van der Waals surface area contributed by atoms with Crippen molar-refractivity contribution in [2.45, 2.75) is 25.3 Å². The van der Waals surface area contributed by atoms with Crippen molar-refractivity contribution in [1.82, 2.24) is 10.2 Å². The smallest absolute Gasteiger partial charge is 0.317 e. The van der Waals surface area contributed by atoms with Crippen LogP contribution in [0.1, 0.15) is 19.3 Å². The number of ether oxygens (including phenoxy) is 1. The molecule has 1 unspecified atom stereocenters. The third-order valence-electron chi connectivity index (χ3n) is 2.77. The first-order valence-electron chi connectivity index (χ1n) is 6.13. The van der Waals surface area contributed by atoms with Crippen LogP contribution in [0.2, 0.25) is 0 Å². The minimum absolute atomic E-state index is 0.144. The third kappa shape index (κ3) is 5.56. The van der Waals surface area contributed by atoms with Gasteiger partial charge in [-0.3, -0.25) is 9.59 Å². The Morgan fingerprint density at radius 1 is 1.42 bits per heavy atom. The number of nitrogens with zero attached hydrogens (tertiary/aromatic N) is 1. The van der Waals surface area contributed by atoms with E-state index in [9.17, 15) is 14.4 Å². The van der Waals surface area contributed by atoms with E-state index in [4.69, 9.17) is 15.6 Å². The van der Waals surface area contributed by atoms with Gasteiger partial charge in [0, 0.05) is 19.5 Å². The van der Waals surface area contributed by atoms with Gasteiger partial charge < -0.3 is 25.8 Å². The summed E-state index contributed by atoms with van der Waals surface area (Å²) in [4.78, 5) is 34.6. The van der Waals surface area contributed by atoms with Crippen molar-refractivity contribution >= 4 is 17.9 Å². The minimum Gasteiger partial charge on any atom is -0.481 e. The Morgan fingerprint density at radius 3 is 2.79 bits per heavy atom. The molecule has 0 aromatic carbocycles. The molecule has 1 aliphatic heterocycles. The van der Waals surface area contributed by atoms with Gasteiger partial charge in [0.25, 0.3) is 0 Å². The van der Waals surface area contributed by atoms with Gasteiger partial charge in [-0.2, -0.15) is 0 Å². The van der Waals surface area contributed by atoms with Crippen molar-refractivity contribution in [3.8, 4) is 0 Å². The van der Waals surface area contributed by atoms with E-state index in [-0.39, 0.29) is 25.5 Å². The van der Waals surface area contributed by atoms with Gasteiger partial charge in [-0.15, -0.1) is 0 Å². The fourth-order valence-corrected chi connectivity index (χ4v) is 1.85. The summed E-state index contributed by atoms with van der Waals surface area (Å²) in [5.41, 5.74) is 4.99. The Hall–Kier alpha value is -1.83. The number of carboxylic acid groups (broad SMARTS) is 1. The second-order valence-corrected chi connectivity index (χ2v) is 4.32. The predicted molar refractivity (Wildman–Crippen MR) is 65.4 cm³/mol. The number of amides is 3. The predicted octanol–water partition coefficient (Wildman–Crippen LogP) is -0.863. The summed E-state index contributed by atoms with van der Waals surface area (Å²) in [5, 5.41) is 11.4. The second kappa shape index (κ2) is 7.57. The first kappa shape index (κ1) is 15.2. The van der Waals surface area contributed by atoms with Crippen LogP contribution in [0.25, 0.3) is 0 Å². The minimum atomic E-state index is -0.970. The Kier molecular flexibility index (Phi) is 6.07. The summed E-state index contributed by atoms with van der Waals surface area (Å²) >= 11 is 0. The molecule has 0 spiro atoms. The molecule has 8 heteroatoms. The van der Waals surface area contributed by atoms with E-state index in [0.717, 1.165) is 0 Å². The number of nitrogens with two attached hydrogens (primary N) is 1. The maximum atomic E-state index is 11.9. The van der Waals surface area contributed by atoms with Gasteiger partial charge in [-0.05, 0) is 6.42 Å². The largest absolute Gasteiger partial charge is 0.481 e. The van der Waals surface area contributed by atoms with Crippen LogP contribution in [0.5, 0.6) is 0 Å². The average molecular weight is 273 g/mol. The summed E-state index contributed by atoms with van der Waals surface area (Å²) in [5.74, 6) is -1.38. The fourth-order valence-electron chi connectivity index (χ4n) is 1.85. The molecule has 0 bridgehead atoms. The highest BCUT2D eigenvalue weighted by Crippen LogP contribution is 2.10.